The van der Waals surface area contributed by atoms with Gasteiger partial charge >= 0.3 is 0 Å². The number of hydrogen-bond donors (Lipinski definition) is 2. The van der Waals surface area contributed by atoms with E-state index in [4.69, 9.17) is 20.9 Å². The van der Waals surface area contributed by atoms with Crippen LogP contribution in [0, 0.1) is 5.41 Å². The molecular formula is C15H20N2O3. The Morgan fingerprint density at radius 3 is 2.55 bits per heavy atom. The van der Waals surface area contributed by atoms with Crippen molar-refractivity contribution in [3.05, 3.63) is 23.8 Å². The third-order valence-electron chi connectivity index (χ3n) is 4.46. The molecule has 2 saturated carbocycles. The number of carbonyl (C=O) groups excluding carboxylic acids is 1. The SMILES string of the molecule is COc1cccc(C(N)=O)c1OC1CC2(CC(N)C2)C1. The maximum atomic E-state index is 11.5. The smallest absolute Gasteiger partial charge is 0.252 e. The average molecular weight is 276 g/mol. The molecule has 20 heavy (non-hydrogen) atoms. The maximum absolute atomic E-state index is 11.5. The molecule has 0 saturated heterocycles. The first-order valence-corrected chi connectivity index (χ1v) is 6.92. The molecule has 0 bridgehead atoms. The van der Waals surface area contributed by atoms with Crippen LogP contribution in [0.25, 0.3) is 0 Å². The van der Waals surface area contributed by atoms with Crippen molar-refractivity contribution < 1.29 is 14.3 Å². The second-order valence-corrected chi connectivity index (χ2v) is 6.02. The summed E-state index contributed by atoms with van der Waals surface area (Å²) >= 11 is 0. The first-order chi connectivity index (χ1) is 9.53. The highest BCUT2D eigenvalue weighted by molar-refractivity contribution is 5.96. The van der Waals surface area contributed by atoms with Crippen LogP contribution in [0.4, 0.5) is 0 Å². The molecule has 5 nitrogen and oxygen atoms in total. The van der Waals surface area contributed by atoms with Gasteiger partial charge in [0.25, 0.3) is 5.91 Å². The van der Waals surface area contributed by atoms with E-state index in [0.29, 0.717) is 28.5 Å². The monoisotopic (exact) mass is 276 g/mol. The predicted molar refractivity (Wildman–Crippen MR) is 74.8 cm³/mol. The van der Waals surface area contributed by atoms with Gasteiger partial charge < -0.3 is 20.9 Å². The Balaban J connectivity index is 1.73. The summed E-state index contributed by atoms with van der Waals surface area (Å²) in [5.41, 5.74) is 12.0. The topological polar surface area (TPSA) is 87.6 Å². The normalized spacial score (nSPS) is 31.3. The standard InChI is InChI=1S/C15H20N2O3/c1-19-12-4-2-3-11(14(17)18)13(12)20-10-7-15(8-10)5-9(16)6-15/h2-4,9-10H,5-8,16H2,1H3,(H2,17,18). The van der Waals surface area contributed by atoms with Crippen molar-refractivity contribution in [2.45, 2.75) is 37.8 Å². The van der Waals surface area contributed by atoms with Crippen molar-refractivity contribution in [1.82, 2.24) is 0 Å². The van der Waals surface area contributed by atoms with Crippen molar-refractivity contribution in [3.63, 3.8) is 0 Å². The van der Waals surface area contributed by atoms with E-state index < -0.39 is 5.91 Å². The van der Waals surface area contributed by atoms with Crippen LogP contribution in [0.1, 0.15) is 36.0 Å². The molecular weight excluding hydrogens is 256 g/mol. The summed E-state index contributed by atoms with van der Waals surface area (Å²) in [6.07, 6.45) is 4.29. The highest BCUT2D eigenvalue weighted by Crippen LogP contribution is 2.56. The number of primary amides is 1. The molecule has 2 aliphatic rings. The van der Waals surface area contributed by atoms with E-state index >= 15 is 0 Å². The van der Waals surface area contributed by atoms with Gasteiger partial charge in [-0.3, -0.25) is 4.79 Å². The maximum Gasteiger partial charge on any atom is 0.252 e. The van der Waals surface area contributed by atoms with Crippen molar-refractivity contribution in [3.8, 4) is 11.5 Å². The lowest BCUT2D eigenvalue weighted by Gasteiger charge is -2.56. The van der Waals surface area contributed by atoms with Gasteiger partial charge in [-0.2, -0.15) is 0 Å². The Bertz CT molecular complexity index is 530. The zero-order chi connectivity index (χ0) is 14.3. The minimum absolute atomic E-state index is 0.122. The molecule has 2 fully saturated rings. The fourth-order valence-corrected chi connectivity index (χ4v) is 3.53. The summed E-state index contributed by atoms with van der Waals surface area (Å²) in [5.74, 6) is 0.511. The van der Waals surface area contributed by atoms with Crippen LogP contribution in [-0.2, 0) is 0 Å². The largest absolute Gasteiger partial charge is 0.493 e. The lowest BCUT2D eigenvalue weighted by Crippen LogP contribution is -2.56. The van der Waals surface area contributed by atoms with Gasteiger partial charge in [0.15, 0.2) is 11.5 Å². The number of ether oxygens (including phenoxy) is 2. The van der Waals surface area contributed by atoms with E-state index in [2.05, 4.69) is 0 Å². The highest BCUT2D eigenvalue weighted by Gasteiger charge is 2.53. The first kappa shape index (κ1) is 13.2. The number of benzene rings is 1. The quantitative estimate of drug-likeness (QED) is 0.871. The van der Waals surface area contributed by atoms with Gasteiger partial charge in [0, 0.05) is 6.04 Å². The molecule has 2 aliphatic carbocycles. The molecule has 0 aliphatic heterocycles. The molecule has 0 heterocycles. The van der Waals surface area contributed by atoms with Crippen LogP contribution in [0.3, 0.4) is 0 Å². The van der Waals surface area contributed by atoms with Gasteiger partial charge in [-0.05, 0) is 43.2 Å². The molecule has 0 radical (unpaired) electrons. The number of carbonyl (C=O) groups is 1. The Labute approximate surface area is 118 Å². The molecule has 1 aromatic carbocycles. The second-order valence-electron chi connectivity index (χ2n) is 6.02. The molecule has 0 aromatic heterocycles. The summed E-state index contributed by atoms with van der Waals surface area (Å²) in [6.45, 7) is 0. The van der Waals surface area contributed by atoms with Crippen molar-refractivity contribution in [1.29, 1.82) is 0 Å². The van der Waals surface area contributed by atoms with E-state index in [0.717, 1.165) is 25.7 Å². The number of nitrogens with two attached hydrogens (primary N) is 2. The molecule has 1 amide bonds. The molecule has 1 aromatic rings. The second kappa shape index (κ2) is 4.66. The first-order valence-electron chi connectivity index (χ1n) is 6.92. The third-order valence-corrected chi connectivity index (χ3v) is 4.46. The van der Waals surface area contributed by atoms with Crippen molar-refractivity contribution in [2.75, 3.05) is 7.11 Å². The third kappa shape index (κ3) is 2.12. The lowest BCUT2D eigenvalue weighted by molar-refractivity contribution is -0.0788. The summed E-state index contributed by atoms with van der Waals surface area (Å²) in [7, 11) is 1.56. The molecule has 4 N–H and O–H groups in total. The number of para-hydroxylation sites is 1. The predicted octanol–water partition coefficient (Wildman–Crippen LogP) is 1.44. The van der Waals surface area contributed by atoms with Gasteiger partial charge in [0.05, 0.1) is 12.7 Å². The Morgan fingerprint density at radius 2 is 2.00 bits per heavy atom. The molecule has 3 rings (SSSR count). The van der Waals surface area contributed by atoms with Gasteiger partial charge in [0.1, 0.15) is 6.10 Å². The Morgan fingerprint density at radius 1 is 1.30 bits per heavy atom. The average Bonchev–Trinajstić information content (AvgIpc) is 2.34. The molecule has 5 heteroatoms. The lowest BCUT2D eigenvalue weighted by atomic mass is 9.53. The molecule has 108 valence electrons. The van der Waals surface area contributed by atoms with E-state index in [-0.39, 0.29) is 6.10 Å². The molecule has 1 spiro atoms. The van der Waals surface area contributed by atoms with Gasteiger partial charge in [-0.1, -0.05) is 6.07 Å². The molecule has 0 unspecified atom stereocenters. The Hall–Kier alpha value is -1.75. The number of amides is 1. The van der Waals surface area contributed by atoms with Crippen LogP contribution < -0.4 is 20.9 Å². The van der Waals surface area contributed by atoms with Crippen LogP contribution in [-0.4, -0.2) is 25.2 Å². The summed E-state index contributed by atoms with van der Waals surface area (Å²) in [6, 6.07) is 5.52. The zero-order valence-electron chi connectivity index (χ0n) is 11.6. The minimum Gasteiger partial charge on any atom is -0.493 e. The summed E-state index contributed by atoms with van der Waals surface area (Å²) in [4.78, 5) is 11.5. The van der Waals surface area contributed by atoms with Gasteiger partial charge in [-0.25, -0.2) is 0 Å². The van der Waals surface area contributed by atoms with Crippen molar-refractivity contribution in [2.24, 2.45) is 16.9 Å². The Kier molecular flexibility index (Phi) is 3.09. The van der Waals surface area contributed by atoms with E-state index in [1.165, 1.54) is 0 Å². The summed E-state index contributed by atoms with van der Waals surface area (Å²) in [5, 5.41) is 0. The van der Waals surface area contributed by atoms with Crippen LogP contribution in [0.2, 0.25) is 0 Å². The highest BCUT2D eigenvalue weighted by atomic mass is 16.5. The zero-order valence-corrected chi connectivity index (χ0v) is 11.6. The van der Waals surface area contributed by atoms with Crippen molar-refractivity contribution >= 4 is 5.91 Å². The van der Waals surface area contributed by atoms with E-state index in [9.17, 15) is 4.79 Å². The summed E-state index contributed by atoms with van der Waals surface area (Å²) < 4.78 is 11.2. The van der Waals surface area contributed by atoms with Crippen LogP contribution in [0.5, 0.6) is 11.5 Å². The molecule has 0 atom stereocenters. The van der Waals surface area contributed by atoms with Gasteiger partial charge in [0.2, 0.25) is 0 Å². The number of rotatable bonds is 4. The van der Waals surface area contributed by atoms with Crippen LogP contribution in [0.15, 0.2) is 18.2 Å². The number of hydrogen-bond acceptors (Lipinski definition) is 4. The van der Waals surface area contributed by atoms with Crippen LogP contribution >= 0.6 is 0 Å². The van der Waals surface area contributed by atoms with E-state index in [1.807, 2.05) is 0 Å². The fraction of sp³-hybridized carbons (Fsp3) is 0.533. The minimum atomic E-state index is -0.501. The fourth-order valence-electron chi connectivity index (χ4n) is 3.53. The van der Waals surface area contributed by atoms with Gasteiger partial charge in [-0.15, -0.1) is 0 Å². The number of methoxy groups -OCH3 is 1. The van der Waals surface area contributed by atoms with E-state index in [1.54, 1.807) is 25.3 Å².